The van der Waals surface area contributed by atoms with Crippen LogP contribution in [0.25, 0.3) is 0 Å². The molecular weight excluding hydrogens is 382 g/mol. The highest BCUT2D eigenvalue weighted by molar-refractivity contribution is 5.76. The predicted molar refractivity (Wildman–Crippen MR) is 115 cm³/mol. The third kappa shape index (κ3) is 6.49. The highest BCUT2D eigenvalue weighted by Gasteiger charge is 2.28. The summed E-state index contributed by atoms with van der Waals surface area (Å²) >= 11 is 0. The molecule has 1 aliphatic heterocycles. The van der Waals surface area contributed by atoms with Crippen LogP contribution in [0.4, 0.5) is 0 Å². The zero-order valence-corrected chi connectivity index (χ0v) is 18.9. The number of carbonyl (C=O) groups is 1. The molecule has 1 fully saturated rings. The highest BCUT2D eigenvalue weighted by atomic mass is 16.5. The van der Waals surface area contributed by atoms with E-state index in [0.717, 1.165) is 24.7 Å². The van der Waals surface area contributed by atoms with Crippen LogP contribution >= 0.6 is 0 Å². The van der Waals surface area contributed by atoms with Crippen LogP contribution in [-0.4, -0.2) is 81.2 Å². The Kier molecular flexibility index (Phi) is 8.65. The number of amides is 1. The summed E-state index contributed by atoms with van der Waals surface area (Å²) in [6.07, 6.45) is 8.39. The number of hydrogen-bond acceptors (Lipinski definition) is 6. The zero-order valence-electron chi connectivity index (χ0n) is 18.9. The molecule has 0 saturated heterocycles. The largest absolute Gasteiger partial charge is 0.394 e. The van der Waals surface area contributed by atoms with Gasteiger partial charge in [0.25, 0.3) is 0 Å². The van der Waals surface area contributed by atoms with Crippen LogP contribution < -0.4 is 0 Å². The van der Waals surface area contributed by atoms with Crippen molar-refractivity contribution in [1.82, 2.24) is 24.8 Å². The van der Waals surface area contributed by atoms with Crippen molar-refractivity contribution in [3.8, 4) is 0 Å². The van der Waals surface area contributed by atoms with Gasteiger partial charge >= 0.3 is 0 Å². The van der Waals surface area contributed by atoms with Gasteiger partial charge in [0.05, 0.1) is 31.6 Å². The molecule has 30 heavy (non-hydrogen) atoms. The first kappa shape index (κ1) is 23.2. The van der Waals surface area contributed by atoms with Crippen LogP contribution in [-0.2, 0) is 22.7 Å². The number of nitrogens with zero attached hydrogens (tertiary/aromatic N) is 5. The number of rotatable bonds is 6. The van der Waals surface area contributed by atoms with E-state index in [4.69, 9.17) is 4.74 Å². The standard InChI is InChI=1S/C22H39N5O3/c1-17-11-27(18(2)15-28)22(29)9-6-10-26-13-20(23-24-26)16-30-21(17)14-25(3)12-19-7-4-5-8-19/h13,17-19,21,28H,4-12,14-16H2,1-3H3/t17-,18-,21-/m1/s1. The second-order valence-electron chi connectivity index (χ2n) is 9.35. The Morgan fingerprint density at radius 3 is 2.80 bits per heavy atom. The smallest absolute Gasteiger partial charge is 0.222 e. The molecule has 1 amide bonds. The average Bonchev–Trinajstić information content (AvgIpc) is 3.40. The van der Waals surface area contributed by atoms with Gasteiger partial charge in [0.15, 0.2) is 0 Å². The van der Waals surface area contributed by atoms with E-state index in [0.29, 0.717) is 32.5 Å². The van der Waals surface area contributed by atoms with Crippen molar-refractivity contribution in [1.29, 1.82) is 0 Å². The minimum absolute atomic E-state index is 0.0245. The Morgan fingerprint density at radius 1 is 1.30 bits per heavy atom. The number of carbonyl (C=O) groups excluding carboxylic acids is 1. The summed E-state index contributed by atoms with van der Waals surface area (Å²) in [5.41, 5.74) is 0.830. The number of ether oxygens (including phenoxy) is 1. The van der Waals surface area contributed by atoms with Gasteiger partial charge in [0.1, 0.15) is 5.69 Å². The molecule has 1 aliphatic carbocycles. The molecule has 1 saturated carbocycles. The van der Waals surface area contributed by atoms with E-state index in [1.807, 2.05) is 18.0 Å². The Hall–Kier alpha value is -1.51. The lowest BCUT2D eigenvalue weighted by Crippen LogP contribution is -2.47. The van der Waals surface area contributed by atoms with E-state index in [9.17, 15) is 9.90 Å². The summed E-state index contributed by atoms with van der Waals surface area (Å²) in [5.74, 6) is 1.01. The lowest BCUT2D eigenvalue weighted by atomic mass is 10.0. The van der Waals surface area contributed by atoms with Crippen molar-refractivity contribution in [3.63, 3.8) is 0 Å². The maximum absolute atomic E-state index is 12.9. The minimum atomic E-state index is -0.195. The first-order valence-electron chi connectivity index (χ1n) is 11.6. The van der Waals surface area contributed by atoms with Crippen LogP contribution in [0, 0.1) is 11.8 Å². The summed E-state index contributed by atoms with van der Waals surface area (Å²) in [5, 5.41) is 18.1. The van der Waals surface area contributed by atoms with Gasteiger partial charge in [-0.3, -0.25) is 9.48 Å². The summed E-state index contributed by atoms with van der Waals surface area (Å²) in [7, 11) is 2.17. The number of aliphatic hydroxyl groups excluding tert-OH is 1. The molecule has 0 spiro atoms. The highest BCUT2D eigenvalue weighted by Crippen LogP contribution is 2.26. The van der Waals surface area contributed by atoms with Crippen molar-refractivity contribution >= 4 is 5.91 Å². The Bertz CT molecular complexity index is 661. The molecule has 8 nitrogen and oxygen atoms in total. The number of aryl methyl sites for hydroxylation is 1. The molecule has 0 radical (unpaired) electrons. The fourth-order valence-corrected chi connectivity index (χ4v) is 4.71. The lowest BCUT2D eigenvalue weighted by Gasteiger charge is -2.35. The van der Waals surface area contributed by atoms with Gasteiger partial charge < -0.3 is 19.6 Å². The summed E-state index contributed by atoms with van der Waals surface area (Å²) in [6.45, 7) is 7.62. The van der Waals surface area contributed by atoms with E-state index in [-0.39, 0.29) is 30.6 Å². The SMILES string of the molecule is C[C@@H]1CN([C@H](C)CO)C(=O)CCCn2cc(nn2)CO[C@@H]1CN(C)CC1CCCC1. The molecule has 1 aromatic heterocycles. The molecule has 0 aromatic carbocycles. The maximum Gasteiger partial charge on any atom is 0.222 e. The average molecular weight is 422 g/mol. The molecule has 1 aromatic rings. The van der Waals surface area contributed by atoms with E-state index in [1.165, 1.54) is 25.7 Å². The Labute approximate surface area is 180 Å². The van der Waals surface area contributed by atoms with E-state index in [1.54, 1.807) is 4.68 Å². The van der Waals surface area contributed by atoms with Gasteiger partial charge in [-0.05, 0) is 39.2 Å². The van der Waals surface area contributed by atoms with E-state index in [2.05, 4.69) is 29.2 Å². The fraction of sp³-hybridized carbons (Fsp3) is 0.864. The van der Waals surface area contributed by atoms with Gasteiger partial charge in [0, 0.05) is 38.5 Å². The fourth-order valence-electron chi connectivity index (χ4n) is 4.71. The van der Waals surface area contributed by atoms with Crippen LogP contribution in [0.3, 0.4) is 0 Å². The Morgan fingerprint density at radius 2 is 2.07 bits per heavy atom. The van der Waals surface area contributed by atoms with Crippen LogP contribution in [0.5, 0.6) is 0 Å². The third-order valence-electron chi connectivity index (χ3n) is 6.58. The molecule has 2 heterocycles. The second-order valence-corrected chi connectivity index (χ2v) is 9.35. The molecule has 0 unspecified atom stereocenters. The van der Waals surface area contributed by atoms with Gasteiger partial charge in [-0.1, -0.05) is 25.0 Å². The van der Waals surface area contributed by atoms with Crippen molar-refractivity contribution in [2.24, 2.45) is 11.8 Å². The third-order valence-corrected chi connectivity index (χ3v) is 6.58. The number of fused-ring (bicyclic) bond motifs is 2. The molecule has 170 valence electrons. The van der Waals surface area contributed by atoms with Crippen LogP contribution in [0.1, 0.15) is 58.1 Å². The van der Waals surface area contributed by atoms with Crippen LogP contribution in [0.15, 0.2) is 6.20 Å². The number of aromatic nitrogens is 3. The normalized spacial score (nSPS) is 25.8. The van der Waals surface area contributed by atoms with Crippen molar-refractivity contribution in [2.45, 2.75) is 77.7 Å². The quantitative estimate of drug-likeness (QED) is 0.756. The maximum atomic E-state index is 12.9. The van der Waals surface area contributed by atoms with E-state index >= 15 is 0 Å². The predicted octanol–water partition coefficient (Wildman–Crippen LogP) is 1.92. The summed E-state index contributed by atoms with van der Waals surface area (Å²) < 4.78 is 8.13. The molecule has 3 atom stereocenters. The van der Waals surface area contributed by atoms with Crippen molar-refractivity contribution in [2.75, 3.05) is 33.3 Å². The van der Waals surface area contributed by atoms with Gasteiger partial charge in [-0.2, -0.15) is 0 Å². The van der Waals surface area contributed by atoms with Gasteiger partial charge in [-0.25, -0.2) is 0 Å². The summed E-state index contributed by atoms with van der Waals surface area (Å²) in [4.78, 5) is 17.1. The van der Waals surface area contributed by atoms with Crippen LogP contribution in [0.2, 0.25) is 0 Å². The van der Waals surface area contributed by atoms with Gasteiger partial charge in [-0.15, -0.1) is 5.10 Å². The molecule has 2 bridgehead atoms. The second kappa shape index (κ2) is 11.2. The number of hydrogen-bond donors (Lipinski definition) is 1. The molecular formula is C22H39N5O3. The van der Waals surface area contributed by atoms with Crippen molar-refractivity contribution in [3.05, 3.63) is 11.9 Å². The molecule has 1 N–H and O–H groups in total. The van der Waals surface area contributed by atoms with Gasteiger partial charge in [0.2, 0.25) is 5.91 Å². The van der Waals surface area contributed by atoms with E-state index < -0.39 is 0 Å². The number of aliphatic hydroxyl groups is 1. The summed E-state index contributed by atoms with van der Waals surface area (Å²) in [6, 6.07) is -0.195. The Balaban J connectivity index is 1.72. The first-order chi connectivity index (χ1) is 14.5. The number of likely N-dealkylation sites (N-methyl/N-ethyl adjacent to an activating group) is 1. The zero-order chi connectivity index (χ0) is 21.5. The van der Waals surface area contributed by atoms with Crippen molar-refractivity contribution < 1.29 is 14.6 Å². The minimum Gasteiger partial charge on any atom is -0.394 e. The monoisotopic (exact) mass is 421 g/mol. The topological polar surface area (TPSA) is 83.7 Å². The molecule has 2 aliphatic rings. The molecule has 8 heteroatoms. The lowest BCUT2D eigenvalue weighted by molar-refractivity contribution is -0.136. The molecule has 3 rings (SSSR count). The first-order valence-corrected chi connectivity index (χ1v) is 11.6.